The Hall–Kier alpha value is -1.11. The van der Waals surface area contributed by atoms with Gasteiger partial charge in [0.2, 0.25) is 0 Å². The normalized spacial score (nSPS) is 25.1. The predicted octanol–water partition coefficient (Wildman–Crippen LogP) is 1.37. The Labute approximate surface area is 163 Å². The number of nitrogens with zero attached hydrogens (tertiary/aromatic N) is 2. The van der Waals surface area contributed by atoms with Crippen LogP contribution in [0.3, 0.4) is 0 Å². The molecule has 2 aliphatic rings. The molecule has 2 fully saturated rings. The molecule has 0 bridgehead atoms. The summed E-state index contributed by atoms with van der Waals surface area (Å²) < 4.78 is 7.68. The average molecular weight is 380 g/mol. The van der Waals surface area contributed by atoms with Crippen molar-refractivity contribution >= 4 is 17.3 Å². The molecule has 2 saturated heterocycles. The highest BCUT2D eigenvalue weighted by atomic mass is 32.1. The lowest BCUT2D eigenvalue weighted by atomic mass is 10.0. The van der Waals surface area contributed by atoms with E-state index in [0.29, 0.717) is 6.04 Å². The molecule has 2 atom stereocenters. The monoisotopic (exact) mass is 379 g/mol. The second-order valence-electron chi connectivity index (χ2n) is 7.92. The Morgan fingerprint density at radius 3 is 2.85 bits per heavy atom. The lowest BCUT2D eigenvalue weighted by Gasteiger charge is -2.33. The van der Waals surface area contributed by atoms with E-state index in [1.165, 1.54) is 31.5 Å². The second kappa shape index (κ2) is 9.72. The summed E-state index contributed by atoms with van der Waals surface area (Å²) in [6, 6.07) is 4.78. The Morgan fingerprint density at radius 1 is 1.31 bits per heavy atom. The molecule has 1 aromatic rings. The summed E-state index contributed by atoms with van der Waals surface area (Å²) in [5.41, 5.74) is 1.38. The van der Waals surface area contributed by atoms with Crippen LogP contribution in [0.5, 0.6) is 0 Å². The van der Waals surface area contributed by atoms with Crippen molar-refractivity contribution in [2.24, 2.45) is 13.0 Å². The van der Waals surface area contributed by atoms with Crippen molar-refractivity contribution in [2.75, 3.05) is 45.9 Å². The van der Waals surface area contributed by atoms with Gasteiger partial charge in [-0.1, -0.05) is 6.92 Å². The van der Waals surface area contributed by atoms with E-state index in [1.54, 1.807) is 4.90 Å². The molecule has 5 nitrogen and oxygen atoms in total. The number of thiocarbonyl (C=S) groups is 1. The quantitative estimate of drug-likeness (QED) is 0.598. The number of rotatable bonds is 5. The summed E-state index contributed by atoms with van der Waals surface area (Å²) in [7, 11) is 2.14. The minimum Gasteiger partial charge on any atom is -0.370 e. The predicted molar refractivity (Wildman–Crippen MR) is 109 cm³/mol. The molecule has 0 radical (unpaired) electrons. The van der Waals surface area contributed by atoms with E-state index in [4.69, 9.17) is 17.0 Å². The maximum absolute atomic E-state index is 5.82. The van der Waals surface area contributed by atoms with Gasteiger partial charge in [0, 0.05) is 38.4 Å². The van der Waals surface area contributed by atoms with Crippen molar-refractivity contribution in [1.29, 1.82) is 0 Å². The molecule has 6 heteroatoms. The standard InChI is InChI=1S/C20H34N4OS/c1-17-6-7-19(18-5-3-10-22(18)2)24(12-8-17)20(26)21-9-4-11-23-13-15-25-16-14-23/h3,5,10,17,19H,4,6-9,11-16H2,1-2H3,(H,21,26)/p+1/t17-,19-/m1/s1. The van der Waals surface area contributed by atoms with Gasteiger partial charge in [0.25, 0.3) is 0 Å². The Morgan fingerprint density at radius 2 is 2.12 bits per heavy atom. The third-order valence-corrected chi connectivity index (χ3v) is 6.32. The molecule has 0 aromatic carbocycles. The Kier molecular flexibility index (Phi) is 7.34. The highest BCUT2D eigenvalue weighted by Crippen LogP contribution is 2.32. The molecular weight excluding hydrogens is 344 g/mol. The lowest BCUT2D eigenvalue weighted by molar-refractivity contribution is -0.908. The molecule has 3 heterocycles. The van der Waals surface area contributed by atoms with Gasteiger partial charge in [-0.15, -0.1) is 0 Å². The minimum absolute atomic E-state index is 0.393. The van der Waals surface area contributed by atoms with Crippen molar-refractivity contribution in [2.45, 2.75) is 38.6 Å². The van der Waals surface area contributed by atoms with E-state index >= 15 is 0 Å². The summed E-state index contributed by atoms with van der Waals surface area (Å²) in [6.45, 7) is 9.70. The second-order valence-corrected chi connectivity index (χ2v) is 8.31. The summed E-state index contributed by atoms with van der Waals surface area (Å²) in [5.74, 6) is 0.774. The molecule has 0 unspecified atom stereocenters. The van der Waals surface area contributed by atoms with Crippen LogP contribution < -0.4 is 10.2 Å². The number of nitrogens with one attached hydrogen (secondary N) is 2. The number of hydrogen-bond acceptors (Lipinski definition) is 2. The summed E-state index contributed by atoms with van der Waals surface area (Å²) in [4.78, 5) is 4.10. The number of ether oxygens (including phenoxy) is 1. The summed E-state index contributed by atoms with van der Waals surface area (Å²) in [5, 5.41) is 4.48. The van der Waals surface area contributed by atoms with Crippen LogP contribution in [0.15, 0.2) is 18.3 Å². The Bertz CT molecular complexity index is 570. The number of hydrogen-bond donors (Lipinski definition) is 2. The van der Waals surface area contributed by atoms with Gasteiger partial charge in [-0.05, 0) is 49.5 Å². The van der Waals surface area contributed by atoms with E-state index in [2.05, 4.69) is 47.1 Å². The first-order valence-corrected chi connectivity index (χ1v) is 10.6. The zero-order valence-corrected chi connectivity index (χ0v) is 17.2. The topological polar surface area (TPSA) is 33.9 Å². The third kappa shape index (κ3) is 5.21. The van der Waals surface area contributed by atoms with Gasteiger partial charge in [0.1, 0.15) is 13.1 Å². The van der Waals surface area contributed by atoms with Gasteiger partial charge >= 0.3 is 0 Å². The fourth-order valence-electron chi connectivity index (χ4n) is 4.17. The molecule has 0 aliphatic carbocycles. The number of aromatic nitrogens is 1. The van der Waals surface area contributed by atoms with Crippen molar-refractivity contribution in [3.05, 3.63) is 24.0 Å². The van der Waals surface area contributed by atoms with Crippen LogP contribution in [-0.2, 0) is 11.8 Å². The van der Waals surface area contributed by atoms with Gasteiger partial charge < -0.3 is 24.4 Å². The molecule has 3 rings (SSSR count). The van der Waals surface area contributed by atoms with Crippen LogP contribution in [0, 0.1) is 5.92 Å². The first kappa shape index (κ1) is 19.6. The molecular formula is C20H35N4OS+. The molecule has 0 amide bonds. The van der Waals surface area contributed by atoms with Crippen LogP contribution in [0.1, 0.15) is 44.3 Å². The fraction of sp³-hybridized carbons (Fsp3) is 0.750. The van der Waals surface area contributed by atoms with Gasteiger partial charge in [-0.3, -0.25) is 0 Å². The SMILES string of the molecule is C[C@@H]1CC[C@H](c2cccn2C)N(C(=S)NCCC[NH+]2CCOCC2)CC1. The minimum atomic E-state index is 0.393. The van der Waals surface area contributed by atoms with Gasteiger partial charge in [-0.25, -0.2) is 0 Å². The molecule has 0 spiro atoms. The largest absolute Gasteiger partial charge is 0.370 e. The van der Waals surface area contributed by atoms with E-state index in [0.717, 1.165) is 56.8 Å². The van der Waals surface area contributed by atoms with Crippen molar-refractivity contribution in [1.82, 2.24) is 14.8 Å². The van der Waals surface area contributed by atoms with E-state index < -0.39 is 0 Å². The molecule has 0 saturated carbocycles. The lowest BCUT2D eigenvalue weighted by Crippen LogP contribution is -3.14. The highest BCUT2D eigenvalue weighted by molar-refractivity contribution is 7.80. The number of morpholine rings is 1. The first-order valence-electron chi connectivity index (χ1n) is 10.2. The van der Waals surface area contributed by atoms with Crippen molar-refractivity contribution < 1.29 is 9.64 Å². The summed E-state index contributed by atoms with van der Waals surface area (Å²) in [6.07, 6.45) is 6.98. The van der Waals surface area contributed by atoms with E-state index in [1.807, 2.05) is 0 Å². The van der Waals surface area contributed by atoms with E-state index in [9.17, 15) is 0 Å². The zero-order chi connectivity index (χ0) is 18.4. The smallest absolute Gasteiger partial charge is 0.169 e. The van der Waals surface area contributed by atoms with Crippen LogP contribution in [0.2, 0.25) is 0 Å². The number of likely N-dealkylation sites (tertiary alicyclic amines) is 1. The number of quaternary nitrogens is 1. The summed E-state index contributed by atoms with van der Waals surface area (Å²) >= 11 is 5.82. The third-order valence-electron chi connectivity index (χ3n) is 5.94. The molecule has 2 N–H and O–H groups in total. The highest BCUT2D eigenvalue weighted by Gasteiger charge is 2.28. The molecule has 146 valence electrons. The van der Waals surface area contributed by atoms with Gasteiger partial charge in [0.05, 0.1) is 25.8 Å². The zero-order valence-electron chi connectivity index (χ0n) is 16.4. The maximum atomic E-state index is 5.82. The fourth-order valence-corrected chi connectivity index (χ4v) is 4.49. The van der Waals surface area contributed by atoms with Crippen LogP contribution >= 0.6 is 12.2 Å². The van der Waals surface area contributed by atoms with Crippen molar-refractivity contribution in [3.63, 3.8) is 0 Å². The molecule has 2 aliphatic heterocycles. The average Bonchev–Trinajstić information content (AvgIpc) is 2.98. The maximum Gasteiger partial charge on any atom is 0.169 e. The van der Waals surface area contributed by atoms with Gasteiger partial charge in [0.15, 0.2) is 5.11 Å². The van der Waals surface area contributed by atoms with Crippen LogP contribution in [0.4, 0.5) is 0 Å². The molecule has 1 aromatic heterocycles. The van der Waals surface area contributed by atoms with Crippen LogP contribution in [0.25, 0.3) is 0 Å². The van der Waals surface area contributed by atoms with E-state index in [-0.39, 0.29) is 0 Å². The van der Waals surface area contributed by atoms with Crippen LogP contribution in [-0.4, -0.2) is 60.5 Å². The Balaban J connectivity index is 1.53. The number of aryl methyl sites for hydroxylation is 1. The van der Waals surface area contributed by atoms with Crippen molar-refractivity contribution in [3.8, 4) is 0 Å². The molecule has 26 heavy (non-hydrogen) atoms. The van der Waals surface area contributed by atoms with Gasteiger partial charge in [-0.2, -0.15) is 0 Å². The first-order chi connectivity index (χ1) is 12.6.